The van der Waals surface area contributed by atoms with Crippen molar-refractivity contribution in [3.05, 3.63) is 23.8 Å². The maximum atomic E-state index is 11.0. The predicted molar refractivity (Wildman–Crippen MR) is 60.8 cm³/mol. The average molecular weight is 229 g/mol. The second-order valence-electron chi connectivity index (χ2n) is 3.44. The lowest BCUT2D eigenvalue weighted by molar-refractivity contribution is 0.415. The highest BCUT2D eigenvalue weighted by molar-refractivity contribution is 7.90. The first-order valence-electron chi connectivity index (χ1n) is 4.52. The Hall–Kier alpha value is -1.23. The van der Waals surface area contributed by atoms with E-state index < -0.39 is 9.84 Å². The fraction of sp³-hybridized carbons (Fsp3) is 0.400. The summed E-state index contributed by atoms with van der Waals surface area (Å²) in [7, 11) is -1.38. The lowest BCUT2D eigenvalue weighted by Crippen LogP contribution is -2.07. The smallest absolute Gasteiger partial charge is 0.147 e. The van der Waals surface area contributed by atoms with Crippen LogP contribution in [0.3, 0.4) is 0 Å². The molecule has 0 radical (unpaired) electrons. The van der Waals surface area contributed by atoms with E-state index in [1.165, 1.54) is 6.26 Å². The molecule has 0 bridgehead atoms. The van der Waals surface area contributed by atoms with E-state index in [1.54, 1.807) is 25.3 Å². The van der Waals surface area contributed by atoms with E-state index in [1.807, 2.05) is 0 Å². The van der Waals surface area contributed by atoms with Crippen molar-refractivity contribution in [1.82, 2.24) is 0 Å². The zero-order valence-electron chi connectivity index (χ0n) is 8.86. The topological polar surface area (TPSA) is 69.4 Å². The van der Waals surface area contributed by atoms with Crippen molar-refractivity contribution in [3.8, 4) is 5.75 Å². The van der Waals surface area contributed by atoms with Crippen LogP contribution in [0.15, 0.2) is 18.2 Å². The van der Waals surface area contributed by atoms with Gasteiger partial charge in [0.15, 0.2) is 0 Å². The zero-order valence-corrected chi connectivity index (χ0v) is 9.67. The van der Waals surface area contributed by atoms with Crippen molar-refractivity contribution < 1.29 is 13.2 Å². The van der Waals surface area contributed by atoms with E-state index in [-0.39, 0.29) is 5.75 Å². The Labute approximate surface area is 90.0 Å². The monoisotopic (exact) mass is 229 g/mol. The number of nitrogen functional groups attached to an aromatic ring is 1. The number of benzene rings is 1. The maximum absolute atomic E-state index is 11.0. The van der Waals surface area contributed by atoms with Gasteiger partial charge >= 0.3 is 0 Å². The number of aryl methyl sites for hydroxylation is 1. The van der Waals surface area contributed by atoms with Crippen LogP contribution in [0, 0.1) is 0 Å². The van der Waals surface area contributed by atoms with Crippen LogP contribution in [0.5, 0.6) is 5.75 Å². The lowest BCUT2D eigenvalue weighted by Gasteiger charge is -2.06. The van der Waals surface area contributed by atoms with Gasteiger partial charge in [0.05, 0.1) is 12.9 Å². The van der Waals surface area contributed by atoms with E-state index >= 15 is 0 Å². The van der Waals surface area contributed by atoms with Crippen LogP contribution in [-0.2, 0) is 16.3 Å². The molecule has 84 valence electrons. The zero-order chi connectivity index (χ0) is 11.5. The lowest BCUT2D eigenvalue weighted by atomic mass is 10.1. The quantitative estimate of drug-likeness (QED) is 0.778. The highest BCUT2D eigenvalue weighted by Gasteiger charge is 2.06. The molecule has 0 saturated heterocycles. The molecule has 15 heavy (non-hydrogen) atoms. The first-order chi connectivity index (χ1) is 6.92. The summed E-state index contributed by atoms with van der Waals surface area (Å²) in [5.74, 6) is 0.791. The van der Waals surface area contributed by atoms with Crippen LogP contribution in [0.25, 0.3) is 0 Å². The van der Waals surface area contributed by atoms with Crippen molar-refractivity contribution in [3.63, 3.8) is 0 Å². The fourth-order valence-corrected chi connectivity index (χ4v) is 1.81. The molecule has 0 amide bonds. The third-order valence-corrected chi connectivity index (χ3v) is 3.04. The Morgan fingerprint density at radius 3 is 2.53 bits per heavy atom. The Kier molecular flexibility index (Phi) is 3.57. The van der Waals surface area contributed by atoms with Gasteiger partial charge < -0.3 is 10.5 Å². The molecule has 0 fully saturated rings. The second-order valence-corrected chi connectivity index (χ2v) is 5.70. The number of methoxy groups -OCH3 is 1. The van der Waals surface area contributed by atoms with Crippen LogP contribution < -0.4 is 10.5 Å². The number of sulfone groups is 1. The van der Waals surface area contributed by atoms with Crippen molar-refractivity contribution >= 4 is 15.5 Å². The van der Waals surface area contributed by atoms with Gasteiger partial charge in [0, 0.05) is 18.0 Å². The summed E-state index contributed by atoms with van der Waals surface area (Å²) in [5, 5.41) is 0. The Morgan fingerprint density at radius 2 is 2.07 bits per heavy atom. The predicted octanol–water partition coefficient (Wildman–Crippen LogP) is 0.864. The molecular weight excluding hydrogens is 214 g/mol. The first-order valence-corrected chi connectivity index (χ1v) is 6.58. The van der Waals surface area contributed by atoms with Gasteiger partial charge in [0.1, 0.15) is 15.6 Å². The molecule has 2 N–H and O–H groups in total. The van der Waals surface area contributed by atoms with Gasteiger partial charge in [-0.1, -0.05) is 6.07 Å². The summed E-state index contributed by atoms with van der Waals surface area (Å²) < 4.78 is 26.9. The van der Waals surface area contributed by atoms with Crippen LogP contribution in [0.2, 0.25) is 0 Å². The molecule has 0 aliphatic carbocycles. The number of rotatable bonds is 4. The van der Waals surface area contributed by atoms with Crippen molar-refractivity contribution in [2.45, 2.75) is 6.42 Å². The molecule has 5 heteroatoms. The molecule has 0 atom stereocenters. The molecule has 0 spiro atoms. The minimum atomic E-state index is -2.94. The average Bonchev–Trinajstić information content (AvgIpc) is 2.14. The number of hydrogen-bond donors (Lipinski definition) is 1. The van der Waals surface area contributed by atoms with Crippen LogP contribution >= 0.6 is 0 Å². The van der Waals surface area contributed by atoms with Gasteiger partial charge in [0.2, 0.25) is 0 Å². The minimum Gasteiger partial charge on any atom is -0.497 e. The third kappa shape index (κ3) is 3.79. The van der Waals surface area contributed by atoms with Crippen LogP contribution in [0.4, 0.5) is 5.69 Å². The summed E-state index contributed by atoms with van der Waals surface area (Å²) in [5.41, 5.74) is 7.15. The first kappa shape index (κ1) is 11.8. The van der Waals surface area contributed by atoms with Gasteiger partial charge in [-0.25, -0.2) is 8.42 Å². The SMILES string of the molecule is COc1ccc(CCS(C)(=O)=O)c(N)c1. The van der Waals surface area contributed by atoms with Crippen molar-refractivity contribution in [2.24, 2.45) is 0 Å². The van der Waals surface area contributed by atoms with E-state index in [0.29, 0.717) is 17.9 Å². The number of ether oxygens (including phenoxy) is 1. The largest absolute Gasteiger partial charge is 0.497 e. The molecule has 0 heterocycles. The maximum Gasteiger partial charge on any atom is 0.147 e. The molecule has 1 aromatic carbocycles. The summed E-state index contributed by atoms with van der Waals surface area (Å²) in [4.78, 5) is 0. The van der Waals surface area contributed by atoms with Crippen molar-refractivity contribution in [1.29, 1.82) is 0 Å². The molecule has 0 aromatic heterocycles. The summed E-state index contributed by atoms with van der Waals surface area (Å²) in [6, 6.07) is 5.25. The highest BCUT2D eigenvalue weighted by Crippen LogP contribution is 2.20. The summed E-state index contributed by atoms with van der Waals surface area (Å²) >= 11 is 0. The highest BCUT2D eigenvalue weighted by atomic mass is 32.2. The Bertz CT molecular complexity index is 440. The van der Waals surface area contributed by atoms with Gasteiger partial charge in [0.25, 0.3) is 0 Å². The van der Waals surface area contributed by atoms with E-state index in [0.717, 1.165) is 5.56 Å². The van der Waals surface area contributed by atoms with Crippen LogP contribution in [0.1, 0.15) is 5.56 Å². The fourth-order valence-electron chi connectivity index (χ4n) is 1.22. The van der Waals surface area contributed by atoms with E-state index in [9.17, 15) is 8.42 Å². The normalized spacial score (nSPS) is 11.3. The molecule has 1 aromatic rings. The number of nitrogens with two attached hydrogens (primary N) is 1. The van der Waals surface area contributed by atoms with Gasteiger partial charge in [-0.3, -0.25) is 0 Å². The molecule has 0 saturated carbocycles. The molecule has 0 unspecified atom stereocenters. The molecule has 4 nitrogen and oxygen atoms in total. The van der Waals surface area contributed by atoms with Gasteiger partial charge in [-0.2, -0.15) is 0 Å². The third-order valence-electron chi connectivity index (χ3n) is 2.10. The Morgan fingerprint density at radius 1 is 1.40 bits per heavy atom. The number of anilines is 1. The van der Waals surface area contributed by atoms with E-state index in [2.05, 4.69) is 0 Å². The number of hydrogen-bond acceptors (Lipinski definition) is 4. The Balaban J connectivity index is 2.79. The van der Waals surface area contributed by atoms with Crippen LogP contribution in [-0.4, -0.2) is 27.5 Å². The van der Waals surface area contributed by atoms with Crippen molar-refractivity contribution in [2.75, 3.05) is 24.9 Å². The molecular formula is C10H15NO3S. The standard InChI is InChI=1S/C10H15NO3S/c1-14-9-4-3-8(10(11)7-9)5-6-15(2,12)13/h3-4,7H,5-6,11H2,1-2H3. The molecule has 1 rings (SSSR count). The minimum absolute atomic E-state index is 0.115. The van der Waals surface area contributed by atoms with Gasteiger partial charge in [-0.05, 0) is 18.1 Å². The molecule has 0 aliphatic heterocycles. The van der Waals surface area contributed by atoms with Gasteiger partial charge in [-0.15, -0.1) is 0 Å². The summed E-state index contributed by atoms with van der Waals surface area (Å²) in [6.07, 6.45) is 1.65. The summed E-state index contributed by atoms with van der Waals surface area (Å²) in [6.45, 7) is 0. The van der Waals surface area contributed by atoms with E-state index in [4.69, 9.17) is 10.5 Å². The molecule has 0 aliphatic rings. The second kappa shape index (κ2) is 4.53.